The lowest BCUT2D eigenvalue weighted by atomic mass is 9.84. The van der Waals surface area contributed by atoms with E-state index in [2.05, 4.69) is 17.1 Å². The molecular weight excluding hydrogens is 366 g/mol. The summed E-state index contributed by atoms with van der Waals surface area (Å²) in [6, 6.07) is 0.616. The average Bonchev–Trinajstić information content (AvgIpc) is 3.23. The van der Waals surface area contributed by atoms with Gasteiger partial charge < -0.3 is 10.4 Å². The van der Waals surface area contributed by atoms with Crippen LogP contribution in [0, 0.1) is 17.8 Å². The highest BCUT2D eigenvalue weighted by molar-refractivity contribution is 5.85. The van der Waals surface area contributed by atoms with Gasteiger partial charge in [0.1, 0.15) is 0 Å². The first-order valence-corrected chi connectivity index (χ1v) is 10.4. The third-order valence-corrected chi connectivity index (χ3v) is 7.01. The van der Waals surface area contributed by atoms with Crippen LogP contribution in [0.5, 0.6) is 0 Å². The van der Waals surface area contributed by atoms with Crippen LogP contribution in [-0.2, 0) is 9.59 Å². The topological polar surface area (TPSA) is 72.9 Å². The molecule has 3 fully saturated rings. The molecule has 1 amide bonds. The van der Waals surface area contributed by atoms with Crippen molar-refractivity contribution in [2.24, 2.45) is 17.8 Å². The van der Waals surface area contributed by atoms with Crippen molar-refractivity contribution in [3.8, 4) is 0 Å². The van der Waals surface area contributed by atoms with Crippen molar-refractivity contribution >= 4 is 24.3 Å². The molecule has 27 heavy (non-hydrogen) atoms. The number of likely N-dealkylation sites (tertiary alicyclic amines) is 1. The predicted octanol–water partition coefficient (Wildman–Crippen LogP) is 2.22. The van der Waals surface area contributed by atoms with Crippen molar-refractivity contribution in [1.29, 1.82) is 0 Å². The smallest absolute Gasteiger partial charge is 0.317 e. The highest BCUT2D eigenvalue weighted by Crippen LogP contribution is 2.49. The number of hydrogen-bond acceptors (Lipinski definition) is 4. The summed E-state index contributed by atoms with van der Waals surface area (Å²) < 4.78 is 0. The lowest BCUT2D eigenvalue weighted by Gasteiger charge is -2.37. The fraction of sp³-hybridized carbons (Fsp3) is 0.900. The third-order valence-electron chi connectivity index (χ3n) is 7.01. The number of carboxylic acid groups (broad SMARTS) is 1. The van der Waals surface area contributed by atoms with Crippen LogP contribution in [-0.4, -0.2) is 71.6 Å². The van der Waals surface area contributed by atoms with Crippen LogP contribution in [0.25, 0.3) is 0 Å². The average molecular weight is 402 g/mol. The van der Waals surface area contributed by atoms with E-state index in [1.54, 1.807) is 0 Å². The Hall–Kier alpha value is -0.850. The van der Waals surface area contributed by atoms with Gasteiger partial charge in [0.05, 0.1) is 13.1 Å². The Morgan fingerprint density at radius 2 is 1.89 bits per heavy atom. The molecule has 6 nitrogen and oxygen atoms in total. The zero-order valence-electron chi connectivity index (χ0n) is 16.7. The van der Waals surface area contributed by atoms with Gasteiger partial charge in [0.15, 0.2) is 0 Å². The Morgan fingerprint density at radius 1 is 1.19 bits per heavy atom. The Morgan fingerprint density at radius 3 is 2.41 bits per heavy atom. The first kappa shape index (κ1) is 22.4. The number of amides is 1. The number of hydrogen-bond donors (Lipinski definition) is 2. The van der Waals surface area contributed by atoms with Crippen LogP contribution in [0.1, 0.15) is 52.4 Å². The Labute approximate surface area is 169 Å². The van der Waals surface area contributed by atoms with Gasteiger partial charge in [0.25, 0.3) is 0 Å². The zero-order valence-corrected chi connectivity index (χ0v) is 17.5. The number of carbonyl (C=O) groups is 2. The molecule has 1 aliphatic heterocycles. The maximum absolute atomic E-state index is 12.5. The molecule has 0 spiro atoms. The van der Waals surface area contributed by atoms with Gasteiger partial charge in [0, 0.05) is 25.2 Å². The third kappa shape index (κ3) is 5.81. The van der Waals surface area contributed by atoms with Crippen LogP contribution < -0.4 is 5.32 Å². The molecule has 1 heterocycles. The SMILES string of the molecule is CCN(CC(=O)O)C1CCN(CC(=O)NC(C)C2CC3CCC2C3)CC1.Cl. The van der Waals surface area contributed by atoms with Crippen LogP contribution in [0.4, 0.5) is 0 Å². The molecule has 4 unspecified atom stereocenters. The minimum atomic E-state index is -0.761. The number of nitrogens with one attached hydrogen (secondary N) is 1. The number of likely N-dealkylation sites (N-methyl/N-ethyl adjacent to an activating group) is 1. The molecule has 2 saturated carbocycles. The Bertz CT molecular complexity index is 511. The van der Waals surface area contributed by atoms with E-state index in [-0.39, 0.29) is 24.9 Å². The molecular formula is C20H36ClN3O3. The number of nitrogens with zero attached hydrogens (tertiary/aromatic N) is 2. The van der Waals surface area contributed by atoms with E-state index in [0.29, 0.717) is 24.5 Å². The molecule has 4 atom stereocenters. The van der Waals surface area contributed by atoms with Gasteiger partial charge in [-0.05, 0) is 63.3 Å². The molecule has 2 aliphatic carbocycles. The largest absolute Gasteiger partial charge is 0.480 e. The number of aliphatic carboxylic acids is 1. The minimum Gasteiger partial charge on any atom is -0.480 e. The van der Waals surface area contributed by atoms with E-state index < -0.39 is 5.97 Å². The quantitative estimate of drug-likeness (QED) is 0.652. The predicted molar refractivity (Wildman–Crippen MR) is 108 cm³/mol. The van der Waals surface area contributed by atoms with E-state index in [0.717, 1.165) is 44.3 Å². The van der Waals surface area contributed by atoms with Gasteiger partial charge in [-0.1, -0.05) is 13.3 Å². The van der Waals surface area contributed by atoms with Gasteiger partial charge >= 0.3 is 5.97 Å². The van der Waals surface area contributed by atoms with Crippen molar-refractivity contribution in [3.63, 3.8) is 0 Å². The second kappa shape index (κ2) is 10.1. The molecule has 3 rings (SSSR count). The van der Waals surface area contributed by atoms with Crippen LogP contribution in [0.2, 0.25) is 0 Å². The van der Waals surface area contributed by atoms with Crippen molar-refractivity contribution in [3.05, 3.63) is 0 Å². The number of carbonyl (C=O) groups excluding carboxylic acids is 1. The molecule has 0 aromatic carbocycles. The van der Waals surface area contributed by atoms with Crippen LogP contribution >= 0.6 is 12.4 Å². The van der Waals surface area contributed by atoms with Crippen molar-refractivity contribution in [1.82, 2.24) is 15.1 Å². The summed E-state index contributed by atoms with van der Waals surface area (Å²) in [4.78, 5) is 27.7. The zero-order chi connectivity index (χ0) is 18.7. The highest BCUT2D eigenvalue weighted by Gasteiger charge is 2.42. The second-order valence-corrected chi connectivity index (χ2v) is 8.66. The standard InChI is InChI=1S/C20H35N3O3.ClH/c1-3-23(13-20(25)26)17-6-8-22(9-7-17)12-19(24)21-14(2)18-11-15-4-5-16(18)10-15;/h14-18H,3-13H2,1-2H3,(H,21,24)(H,25,26);1H. The maximum Gasteiger partial charge on any atom is 0.317 e. The Balaban J connectivity index is 0.00000261. The van der Waals surface area contributed by atoms with Gasteiger partial charge in [-0.2, -0.15) is 0 Å². The Kier molecular flexibility index (Phi) is 8.38. The summed E-state index contributed by atoms with van der Waals surface area (Å²) in [6.07, 6.45) is 7.31. The summed E-state index contributed by atoms with van der Waals surface area (Å²) in [5.74, 6) is 1.81. The lowest BCUT2D eigenvalue weighted by Crippen LogP contribution is -2.50. The molecule has 156 valence electrons. The number of halogens is 1. The number of carboxylic acids is 1. The summed E-state index contributed by atoms with van der Waals surface area (Å²) in [5, 5.41) is 12.3. The molecule has 0 aromatic rings. The molecule has 3 aliphatic rings. The fourth-order valence-corrected chi connectivity index (χ4v) is 5.63. The minimum absolute atomic E-state index is 0. The van der Waals surface area contributed by atoms with Crippen LogP contribution in [0.15, 0.2) is 0 Å². The van der Waals surface area contributed by atoms with Crippen LogP contribution in [0.3, 0.4) is 0 Å². The highest BCUT2D eigenvalue weighted by atomic mass is 35.5. The molecule has 1 saturated heterocycles. The first-order chi connectivity index (χ1) is 12.5. The van der Waals surface area contributed by atoms with E-state index >= 15 is 0 Å². The normalized spacial score (nSPS) is 29.5. The number of piperidine rings is 1. The van der Waals surface area contributed by atoms with Crippen molar-refractivity contribution in [2.75, 3.05) is 32.7 Å². The summed E-state index contributed by atoms with van der Waals surface area (Å²) in [7, 11) is 0. The van der Waals surface area contributed by atoms with Crippen molar-refractivity contribution in [2.45, 2.75) is 64.5 Å². The van der Waals surface area contributed by atoms with E-state index in [1.807, 2.05) is 11.8 Å². The summed E-state index contributed by atoms with van der Waals surface area (Å²) in [5.41, 5.74) is 0. The van der Waals surface area contributed by atoms with E-state index in [4.69, 9.17) is 5.11 Å². The monoisotopic (exact) mass is 401 g/mol. The number of fused-ring (bicyclic) bond motifs is 2. The van der Waals surface area contributed by atoms with E-state index in [9.17, 15) is 9.59 Å². The molecule has 7 heteroatoms. The number of rotatable bonds is 8. The maximum atomic E-state index is 12.5. The van der Waals surface area contributed by atoms with Gasteiger partial charge in [-0.15, -0.1) is 12.4 Å². The summed E-state index contributed by atoms with van der Waals surface area (Å²) >= 11 is 0. The second-order valence-electron chi connectivity index (χ2n) is 8.66. The lowest BCUT2D eigenvalue weighted by molar-refractivity contribution is -0.139. The molecule has 0 radical (unpaired) electrons. The molecule has 2 N–H and O–H groups in total. The van der Waals surface area contributed by atoms with E-state index in [1.165, 1.54) is 25.7 Å². The molecule has 0 aromatic heterocycles. The van der Waals surface area contributed by atoms with Gasteiger partial charge in [0.2, 0.25) is 5.91 Å². The first-order valence-electron chi connectivity index (χ1n) is 10.4. The van der Waals surface area contributed by atoms with Gasteiger partial charge in [-0.25, -0.2) is 0 Å². The molecule has 2 bridgehead atoms. The summed E-state index contributed by atoms with van der Waals surface area (Å²) in [6.45, 7) is 7.29. The fourth-order valence-electron chi connectivity index (χ4n) is 5.63. The van der Waals surface area contributed by atoms with Gasteiger partial charge in [-0.3, -0.25) is 19.4 Å². The van der Waals surface area contributed by atoms with Crippen molar-refractivity contribution < 1.29 is 14.7 Å².